The van der Waals surface area contributed by atoms with E-state index in [-0.39, 0.29) is 0 Å². The highest BCUT2D eigenvalue weighted by Gasteiger charge is 2.30. The van der Waals surface area contributed by atoms with Crippen molar-refractivity contribution in [2.45, 2.75) is 39.2 Å². The Labute approximate surface area is 122 Å². The summed E-state index contributed by atoms with van der Waals surface area (Å²) in [6.45, 7) is 6.25. The van der Waals surface area contributed by atoms with Crippen LogP contribution in [-0.2, 0) is 0 Å². The van der Waals surface area contributed by atoms with Crippen LogP contribution >= 0.6 is 0 Å². The zero-order valence-electron chi connectivity index (χ0n) is 12.9. The minimum atomic E-state index is 0.654. The van der Waals surface area contributed by atoms with Crippen LogP contribution in [0.15, 0.2) is 24.3 Å². The normalized spacial score (nSPS) is 25.6. The van der Waals surface area contributed by atoms with Gasteiger partial charge in [-0.2, -0.15) is 0 Å². The van der Waals surface area contributed by atoms with Crippen LogP contribution in [0.1, 0.15) is 33.1 Å². The number of nitrogens with one attached hydrogen (secondary N) is 1. The number of hydrogen-bond donors (Lipinski definition) is 1. The summed E-state index contributed by atoms with van der Waals surface area (Å²) in [4.78, 5) is 0. The molecular weight excluding hydrogens is 250 g/mol. The Morgan fingerprint density at radius 2 is 1.95 bits per heavy atom. The predicted octanol–water partition coefficient (Wildman–Crippen LogP) is 3.49. The smallest absolute Gasteiger partial charge is 0.161 e. The minimum Gasteiger partial charge on any atom is -0.493 e. The summed E-state index contributed by atoms with van der Waals surface area (Å²) in [7, 11) is 1.67. The zero-order valence-corrected chi connectivity index (χ0v) is 12.9. The molecule has 1 aliphatic rings. The Hall–Kier alpha value is -1.22. The maximum atomic E-state index is 5.79. The highest BCUT2D eigenvalue weighted by Crippen LogP contribution is 2.33. The lowest BCUT2D eigenvalue weighted by Gasteiger charge is -2.21. The number of methoxy groups -OCH3 is 1. The van der Waals surface area contributed by atoms with Gasteiger partial charge in [-0.05, 0) is 36.8 Å². The highest BCUT2D eigenvalue weighted by molar-refractivity contribution is 5.39. The average Bonchev–Trinajstić information content (AvgIpc) is 2.84. The van der Waals surface area contributed by atoms with E-state index in [2.05, 4.69) is 19.2 Å². The molecule has 0 heterocycles. The van der Waals surface area contributed by atoms with Crippen molar-refractivity contribution in [3.63, 3.8) is 0 Å². The number of rotatable bonds is 7. The Morgan fingerprint density at radius 3 is 2.60 bits per heavy atom. The van der Waals surface area contributed by atoms with Gasteiger partial charge in [-0.1, -0.05) is 32.4 Å². The van der Waals surface area contributed by atoms with E-state index in [0.717, 1.165) is 29.9 Å². The van der Waals surface area contributed by atoms with Gasteiger partial charge >= 0.3 is 0 Å². The number of hydrogen-bond acceptors (Lipinski definition) is 3. The number of para-hydroxylation sites is 2. The second-order valence-electron chi connectivity index (χ2n) is 5.66. The van der Waals surface area contributed by atoms with Crippen LogP contribution in [-0.4, -0.2) is 26.3 Å². The summed E-state index contributed by atoms with van der Waals surface area (Å²) < 4.78 is 11.1. The van der Waals surface area contributed by atoms with Gasteiger partial charge in [0.05, 0.1) is 7.11 Å². The Kier molecular flexibility index (Phi) is 5.72. The third-order valence-electron chi connectivity index (χ3n) is 4.59. The fourth-order valence-electron chi connectivity index (χ4n) is 3.26. The molecule has 3 heteroatoms. The molecule has 0 amide bonds. The first-order chi connectivity index (χ1) is 9.76. The van der Waals surface area contributed by atoms with Gasteiger partial charge in [0.2, 0.25) is 0 Å². The predicted molar refractivity (Wildman–Crippen MR) is 82.5 cm³/mol. The number of ether oxygens (including phenoxy) is 2. The molecule has 0 radical (unpaired) electrons. The lowest BCUT2D eigenvalue weighted by molar-refractivity contribution is 0.273. The quantitative estimate of drug-likeness (QED) is 0.774. The molecule has 0 bridgehead atoms. The topological polar surface area (TPSA) is 30.5 Å². The molecule has 0 aliphatic heterocycles. The molecule has 0 aromatic heterocycles. The Bertz CT molecular complexity index is 408. The van der Waals surface area contributed by atoms with Crippen molar-refractivity contribution in [1.82, 2.24) is 5.32 Å². The molecule has 20 heavy (non-hydrogen) atoms. The summed E-state index contributed by atoms with van der Waals surface area (Å²) in [5.41, 5.74) is 0. The maximum Gasteiger partial charge on any atom is 0.161 e. The molecular formula is C17H27NO2. The van der Waals surface area contributed by atoms with Crippen LogP contribution in [0, 0.1) is 11.8 Å². The van der Waals surface area contributed by atoms with Crippen molar-refractivity contribution in [3.8, 4) is 11.5 Å². The van der Waals surface area contributed by atoms with Crippen molar-refractivity contribution in [2.75, 3.05) is 20.3 Å². The molecule has 1 aliphatic carbocycles. The van der Waals surface area contributed by atoms with E-state index in [1.54, 1.807) is 7.11 Å². The molecule has 1 aromatic carbocycles. The summed E-state index contributed by atoms with van der Waals surface area (Å²) >= 11 is 0. The van der Waals surface area contributed by atoms with E-state index in [0.29, 0.717) is 12.6 Å². The molecule has 3 nitrogen and oxygen atoms in total. The van der Waals surface area contributed by atoms with Gasteiger partial charge in [0.1, 0.15) is 6.61 Å². The van der Waals surface area contributed by atoms with Crippen molar-refractivity contribution in [3.05, 3.63) is 24.3 Å². The second kappa shape index (κ2) is 7.53. The molecule has 0 saturated heterocycles. The summed E-state index contributed by atoms with van der Waals surface area (Å²) in [5, 5.41) is 3.64. The molecule has 1 saturated carbocycles. The summed E-state index contributed by atoms with van der Waals surface area (Å²) in [6.07, 6.45) is 3.97. The van der Waals surface area contributed by atoms with Gasteiger partial charge in [-0.15, -0.1) is 0 Å². The lowest BCUT2D eigenvalue weighted by Crippen LogP contribution is -2.35. The van der Waals surface area contributed by atoms with Gasteiger partial charge in [0.25, 0.3) is 0 Å². The third kappa shape index (κ3) is 3.66. The van der Waals surface area contributed by atoms with Crippen LogP contribution in [0.3, 0.4) is 0 Å². The first kappa shape index (κ1) is 15.2. The third-order valence-corrected chi connectivity index (χ3v) is 4.59. The molecule has 112 valence electrons. The van der Waals surface area contributed by atoms with E-state index in [9.17, 15) is 0 Å². The van der Waals surface area contributed by atoms with E-state index in [4.69, 9.17) is 9.47 Å². The molecule has 1 fully saturated rings. The van der Waals surface area contributed by atoms with Crippen molar-refractivity contribution < 1.29 is 9.47 Å². The van der Waals surface area contributed by atoms with Crippen LogP contribution in [0.2, 0.25) is 0 Å². The fraction of sp³-hybridized carbons (Fsp3) is 0.647. The van der Waals surface area contributed by atoms with Crippen LogP contribution in [0.25, 0.3) is 0 Å². The van der Waals surface area contributed by atoms with Crippen LogP contribution < -0.4 is 14.8 Å². The minimum absolute atomic E-state index is 0.654. The van der Waals surface area contributed by atoms with E-state index in [1.165, 1.54) is 19.3 Å². The molecule has 2 rings (SSSR count). The largest absolute Gasteiger partial charge is 0.493 e. The van der Waals surface area contributed by atoms with E-state index in [1.807, 2.05) is 24.3 Å². The molecule has 3 atom stereocenters. The summed E-state index contributed by atoms with van der Waals surface area (Å²) in [6, 6.07) is 8.45. The molecule has 3 unspecified atom stereocenters. The van der Waals surface area contributed by atoms with Gasteiger partial charge in [-0.3, -0.25) is 0 Å². The maximum absolute atomic E-state index is 5.79. The van der Waals surface area contributed by atoms with Gasteiger partial charge < -0.3 is 14.8 Å². The summed E-state index contributed by atoms with van der Waals surface area (Å²) in [5.74, 6) is 3.30. The van der Waals surface area contributed by atoms with Crippen molar-refractivity contribution >= 4 is 0 Å². The molecule has 0 spiro atoms. The number of benzene rings is 1. The highest BCUT2D eigenvalue weighted by atomic mass is 16.5. The first-order valence-corrected chi connectivity index (χ1v) is 7.75. The van der Waals surface area contributed by atoms with Crippen LogP contribution in [0.5, 0.6) is 11.5 Å². The van der Waals surface area contributed by atoms with Gasteiger partial charge in [0.15, 0.2) is 11.5 Å². The molecule has 1 aromatic rings. The van der Waals surface area contributed by atoms with Crippen LogP contribution in [0.4, 0.5) is 0 Å². The fourth-order valence-corrected chi connectivity index (χ4v) is 3.26. The Balaban J connectivity index is 1.72. The van der Waals surface area contributed by atoms with Gasteiger partial charge in [-0.25, -0.2) is 0 Å². The monoisotopic (exact) mass is 277 g/mol. The zero-order chi connectivity index (χ0) is 14.4. The van der Waals surface area contributed by atoms with E-state index >= 15 is 0 Å². The van der Waals surface area contributed by atoms with Crippen molar-refractivity contribution in [1.29, 1.82) is 0 Å². The first-order valence-electron chi connectivity index (χ1n) is 7.75. The second-order valence-corrected chi connectivity index (χ2v) is 5.66. The van der Waals surface area contributed by atoms with Crippen molar-refractivity contribution in [2.24, 2.45) is 11.8 Å². The molecule has 1 N–H and O–H groups in total. The lowest BCUT2D eigenvalue weighted by atomic mass is 9.93. The average molecular weight is 277 g/mol. The van der Waals surface area contributed by atoms with Gasteiger partial charge in [0, 0.05) is 12.6 Å². The Morgan fingerprint density at radius 1 is 1.20 bits per heavy atom. The SMILES string of the molecule is CCC1CCC(NCCOc2ccccc2OC)C1C. The standard InChI is InChI=1S/C17H27NO2/c1-4-14-9-10-15(13(14)2)18-11-12-20-17-8-6-5-7-16(17)19-3/h5-8,13-15,18H,4,9-12H2,1-3H3. The van der Waals surface area contributed by atoms with E-state index < -0.39 is 0 Å².